The van der Waals surface area contributed by atoms with Crippen LogP contribution in [0.4, 0.5) is 17.2 Å². The van der Waals surface area contributed by atoms with Gasteiger partial charge < -0.3 is 20.3 Å². The number of nitrogens with one attached hydrogen (secondary N) is 2. The smallest absolute Gasteiger partial charge is 0.257 e. The van der Waals surface area contributed by atoms with Gasteiger partial charge in [-0.1, -0.05) is 0 Å². The van der Waals surface area contributed by atoms with Crippen LogP contribution in [0.25, 0.3) is 0 Å². The summed E-state index contributed by atoms with van der Waals surface area (Å²) in [5.41, 5.74) is 2.27. The van der Waals surface area contributed by atoms with Crippen LogP contribution in [0.1, 0.15) is 40.5 Å². The van der Waals surface area contributed by atoms with Crippen LogP contribution in [-0.4, -0.2) is 36.5 Å². The number of ether oxygens (including phenoxy) is 1. The third kappa shape index (κ3) is 5.24. The lowest BCUT2D eigenvalue weighted by Gasteiger charge is -2.16. The van der Waals surface area contributed by atoms with E-state index in [1.807, 2.05) is 25.1 Å². The van der Waals surface area contributed by atoms with Crippen LogP contribution in [0.3, 0.4) is 0 Å². The molecule has 2 aromatic carbocycles. The summed E-state index contributed by atoms with van der Waals surface area (Å²) in [6.07, 6.45) is 3.96. The van der Waals surface area contributed by atoms with E-state index in [1.54, 1.807) is 48.7 Å². The van der Waals surface area contributed by atoms with Crippen molar-refractivity contribution in [1.82, 2.24) is 4.98 Å². The first kappa shape index (κ1) is 21.4. The van der Waals surface area contributed by atoms with E-state index in [4.69, 9.17) is 4.74 Å². The molecule has 3 aromatic rings. The van der Waals surface area contributed by atoms with E-state index in [2.05, 4.69) is 20.5 Å². The van der Waals surface area contributed by atoms with Gasteiger partial charge in [0.25, 0.3) is 11.8 Å². The first-order chi connectivity index (χ1) is 15.6. The molecule has 1 aromatic heterocycles. The number of nitrogens with zero attached hydrogens (tertiary/aromatic N) is 2. The Labute approximate surface area is 187 Å². The fourth-order valence-electron chi connectivity index (χ4n) is 3.57. The zero-order valence-corrected chi connectivity index (χ0v) is 18.0. The summed E-state index contributed by atoms with van der Waals surface area (Å²) in [6, 6.07) is 17.6. The van der Waals surface area contributed by atoms with Crippen LogP contribution in [-0.2, 0) is 0 Å². The fraction of sp³-hybridized carbons (Fsp3) is 0.240. The minimum absolute atomic E-state index is 0.228. The Kier molecular flexibility index (Phi) is 6.65. The number of carbonyl (C=O) groups excluding carboxylic acids is 2. The SMILES string of the molecule is CCOc1ccc(NC(=O)c2ccc(NC(=O)c3ccc(N4CCCC4)nc3)cc2)cc1. The maximum Gasteiger partial charge on any atom is 0.257 e. The van der Waals surface area contributed by atoms with Gasteiger partial charge in [-0.15, -0.1) is 0 Å². The molecule has 2 heterocycles. The Morgan fingerprint density at radius 1 is 0.844 bits per heavy atom. The van der Waals surface area contributed by atoms with E-state index < -0.39 is 0 Å². The van der Waals surface area contributed by atoms with Crippen LogP contribution in [0, 0.1) is 0 Å². The van der Waals surface area contributed by atoms with Crippen molar-refractivity contribution in [2.45, 2.75) is 19.8 Å². The molecule has 2 amide bonds. The number of carbonyl (C=O) groups is 2. The van der Waals surface area contributed by atoms with Crippen molar-refractivity contribution in [3.05, 3.63) is 78.0 Å². The summed E-state index contributed by atoms with van der Waals surface area (Å²) in [6.45, 7) is 4.53. The summed E-state index contributed by atoms with van der Waals surface area (Å²) >= 11 is 0. The highest BCUT2D eigenvalue weighted by atomic mass is 16.5. The average Bonchev–Trinajstić information content (AvgIpc) is 3.36. The zero-order valence-electron chi connectivity index (χ0n) is 18.0. The molecule has 0 spiro atoms. The lowest BCUT2D eigenvalue weighted by atomic mass is 10.1. The van der Waals surface area contributed by atoms with E-state index in [0.29, 0.717) is 29.1 Å². The molecule has 7 nitrogen and oxygen atoms in total. The second kappa shape index (κ2) is 9.96. The Hall–Kier alpha value is -3.87. The van der Waals surface area contributed by atoms with Crippen LogP contribution in [0.15, 0.2) is 66.9 Å². The number of hydrogen-bond donors (Lipinski definition) is 2. The van der Waals surface area contributed by atoms with Crippen molar-refractivity contribution in [2.24, 2.45) is 0 Å². The van der Waals surface area contributed by atoms with E-state index >= 15 is 0 Å². The molecule has 1 fully saturated rings. The number of anilines is 3. The molecule has 164 valence electrons. The molecule has 0 saturated carbocycles. The minimum Gasteiger partial charge on any atom is -0.494 e. The molecule has 1 saturated heterocycles. The van der Waals surface area contributed by atoms with E-state index in [0.717, 1.165) is 24.7 Å². The third-order valence-corrected chi connectivity index (χ3v) is 5.27. The Morgan fingerprint density at radius 2 is 1.41 bits per heavy atom. The lowest BCUT2D eigenvalue weighted by Crippen LogP contribution is -2.19. The molecule has 2 N–H and O–H groups in total. The molecule has 7 heteroatoms. The van der Waals surface area contributed by atoms with Crippen LogP contribution < -0.4 is 20.3 Å². The quantitative estimate of drug-likeness (QED) is 0.573. The van der Waals surface area contributed by atoms with Crippen LogP contribution >= 0.6 is 0 Å². The van der Waals surface area contributed by atoms with E-state index in [1.165, 1.54) is 12.8 Å². The monoisotopic (exact) mass is 430 g/mol. The summed E-state index contributed by atoms with van der Waals surface area (Å²) in [4.78, 5) is 31.6. The molecule has 0 aliphatic carbocycles. The Bertz CT molecular complexity index is 1060. The van der Waals surface area contributed by atoms with Gasteiger partial charge in [0, 0.05) is 36.2 Å². The summed E-state index contributed by atoms with van der Waals surface area (Å²) in [5.74, 6) is 1.19. The van der Waals surface area contributed by atoms with Crippen molar-refractivity contribution in [2.75, 3.05) is 35.2 Å². The zero-order chi connectivity index (χ0) is 22.3. The molecule has 0 unspecified atom stereocenters. The first-order valence-electron chi connectivity index (χ1n) is 10.8. The molecule has 1 aliphatic heterocycles. The van der Waals surface area contributed by atoms with Gasteiger partial charge in [0.2, 0.25) is 0 Å². The maximum absolute atomic E-state index is 12.5. The molecule has 0 atom stereocenters. The van der Waals surface area contributed by atoms with Gasteiger partial charge in [-0.05, 0) is 80.4 Å². The molecule has 1 aliphatic rings. The lowest BCUT2D eigenvalue weighted by molar-refractivity contribution is 0.101. The predicted octanol–water partition coefficient (Wildman–Crippen LogP) is 4.59. The predicted molar refractivity (Wildman–Crippen MR) is 126 cm³/mol. The molecular formula is C25H26N4O3. The molecule has 4 rings (SSSR count). The van der Waals surface area contributed by atoms with Gasteiger partial charge in [-0.25, -0.2) is 4.98 Å². The van der Waals surface area contributed by atoms with Crippen LogP contribution in [0.5, 0.6) is 5.75 Å². The van der Waals surface area contributed by atoms with E-state index in [-0.39, 0.29) is 11.8 Å². The fourth-order valence-corrected chi connectivity index (χ4v) is 3.57. The Balaban J connectivity index is 1.33. The number of amides is 2. The Morgan fingerprint density at radius 3 is 1.97 bits per heavy atom. The largest absolute Gasteiger partial charge is 0.494 e. The van der Waals surface area contributed by atoms with Gasteiger partial charge in [0.05, 0.1) is 12.2 Å². The standard InChI is InChI=1S/C25H26N4O3/c1-2-32-22-12-10-21(11-13-22)27-24(30)18-5-8-20(9-6-18)28-25(31)19-7-14-23(26-17-19)29-15-3-4-16-29/h5-14,17H,2-4,15-16H2,1H3,(H,27,30)(H,28,31). The molecular weight excluding hydrogens is 404 g/mol. The van der Waals surface area contributed by atoms with Gasteiger partial charge in [0.15, 0.2) is 0 Å². The van der Waals surface area contributed by atoms with Gasteiger partial charge in [-0.3, -0.25) is 9.59 Å². The number of rotatable bonds is 7. The minimum atomic E-state index is -0.239. The van der Waals surface area contributed by atoms with Crippen LogP contribution in [0.2, 0.25) is 0 Å². The highest BCUT2D eigenvalue weighted by molar-refractivity contribution is 6.06. The maximum atomic E-state index is 12.5. The van der Waals surface area contributed by atoms with Gasteiger partial charge in [-0.2, -0.15) is 0 Å². The van der Waals surface area contributed by atoms with Crippen molar-refractivity contribution >= 4 is 29.0 Å². The topological polar surface area (TPSA) is 83.6 Å². The van der Waals surface area contributed by atoms with Crippen molar-refractivity contribution in [1.29, 1.82) is 0 Å². The molecule has 32 heavy (non-hydrogen) atoms. The van der Waals surface area contributed by atoms with Crippen molar-refractivity contribution in [3.63, 3.8) is 0 Å². The number of benzene rings is 2. The summed E-state index contributed by atoms with van der Waals surface area (Å²) in [5, 5.41) is 5.69. The second-order valence-corrected chi connectivity index (χ2v) is 7.54. The average molecular weight is 431 g/mol. The molecule has 0 radical (unpaired) electrons. The molecule has 0 bridgehead atoms. The number of aromatic nitrogens is 1. The van der Waals surface area contributed by atoms with E-state index in [9.17, 15) is 9.59 Å². The normalized spacial score (nSPS) is 13.0. The third-order valence-electron chi connectivity index (χ3n) is 5.27. The highest BCUT2D eigenvalue weighted by Crippen LogP contribution is 2.19. The van der Waals surface area contributed by atoms with Crippen molar-refractivity contribution in [3.8, 4) is 5.75 Å². The summed E-state index contributed by atoms with van der Waals surface area (Å²) in [7, 11) is 0. The van der Waals surface area contributed by atoms with Gasteiger partial charge in [0.1, 0.15) is 11.6 Å². The number of hydrogen-bond acceptors (Lipinski definition) is 5. The number of pyridine rings is 1. The summed E-state index contributed by atoms with van der Waals surface area (Å²) < 4.78 is 5.40. The van der Waals surface area contributed by atoms with Gasteiger partial charge >= 0.3 is 0 Å². The first-order valence-corrected chi connectivity index (χ1v) is 10.8. The second-order valence-electron chi connectivity index (χ2n) is 7.54. The van der Waals surface area contributed by atoms with Crippen molar-refractivity contribution < 1.29 is 14.3 Å². The highest BCUT2D eigenvalue weighted by Gasteiger charge is 2.14.